The minimum Gasteiger partial charge on any atom is -0.332 e. The summed E-state index contributed by atoms with van der Waals surface area (Å²) in [5, 5.41) is 4.93. The molecule has 0 unspecified atom stereocenters. The molecular weight excluding hydrogens is 486 g/mol. The Morgan fingerprint density at radius 1 is 0.938 bits per heavy atom. The molecule has 5 nitrogen and oxygen atoms in total. The number of amides is 3. The van der Waals surface area contributed by atoms with Crippen LogP contribution in [0.1, 0.15) is 30.2 Å². The molecule has 0 saturated carbocycles. The number of carbonyl (C=O) groups is 2. The molecule has 0 bridgehead atoms. The number of benzene rings is 2. The number of carbonyl (C=O) groups excluding carboxylic acids is 2. The standard InChI is InChI=1S/C25H28BrN3O2S/c1-2-3-15-28(25(31)27-22-13-11-21(26)12-14-22)19-24(30)29(18-23-10-7-16-32-23)17-20-8-5-4-6-9-20/h4-14,16H,2-3,15,17-19H2,1H3,(H,27,31). The van der Waals surface area contributed by atoms with Crippen molar-refractivity contribution in [3.05, 3.63) is 87.0 Å². The summed E-state index contributed by atoms with van der Waals surface area (Å²) in [5.41, 5.74) is 1.77. The fourth-order valence-electron chi connectivity index (χ4n) is 3.23. The summed E-state index contributed by atoms with van der Waals surface area (Å²) >= 11 is 5.03. The number of halogens is 1. The molecule has 0 radical (unpaired) electrons. The van der Waals surface area contributed by atoms with Gasteiger partial charge in [-0.25, -0.2) is 4.79 Å². The number of nitrogens with one attached hydrogen (secondary N) is 1. The van der Waals surface area contributed by atoms with Crippen LogP contribution in [-0.2, 0) is 17.9 Å². The van der Waals surface area contributed by atoms with Crippen LogP contribution in [0.4, 0.5) is 10.5 Å². The molecule has 3 amide bonds. The fourth-order valence-corrected chi connectivity index (χ4v) is 4.21. The van der Waals surface area contributed by atoms with Crippen molar-refractivity contribution in [1.82, 2.24) is 9.80 Å². The average molecular weight is 514 g/mol. The van der Waals surface area contributed by atoms with Gasteiger partial charge in [-0.2, -0.15) is 0 Å². The average Bonchev–Trinajstić information content (AvgIpc) is 3.31. The molecule has 1 N–H and O–H groups in total. The van der Waals surface area contributed by atoms with Gasteiger partial charge in [0, 0.05) is 28.1 Å². The van der Waals surface area contributed by atoms with Crippen LogP contribution in [-0.4, -0.2) is 34.8 Å². The van der Waals surface area contributed by atoms with Crippen LogP contribution in [0.2, 0.25) is 0 Å². The van der Waals surface area contributed by atoms with Gasteiger partial charge in [0.15, 0.2) is 0 Å². The number of hydrogen-bond acceptors (Lipinski definition) is 3. The minimum absolute atomic E-state index is 0.0422. The van der Waals surface area contributed by atoms with Gasteiger partial charge in [0.05, 0.1) is 6.54 Å². The maximum absolute atomic E-state index is 13.4. The Labute approximate surface area is 202 Å². The van der Waals surface area contributed by atoms with Crippen LogP contribution in [0.5, 0.6) is 0 Å². The Balaban J connectivity index is 1.72. The van der Waals surface area contributed by atoms with Crippen molar-refractivity contribution >= 4 is 44.9 Å². The number of anilines is 1. The summed E-state index contributed by atoms with van der Waals surface area (Å²) < 4.78 is 0.943. The van der Waals surface area contributed by atoms with E-state index >= 15 is 0 Å². The molecule has 0 saturated heterocycles. The zero-order chi connectivity index (χ0) is 22.8. The van der Waals surface area contributed by atoms with Gasteiger partial charge in [0.1, 0.15) is 6.54 Å². The maximum atomic E-state index is 13.4. The van der Waals surface area contributed by atoms with E-state index in [1.807, 2.05) is 77.0 Å². The lowest BCUT2D eigenvalue weighted by Gasteiger charge is -2.28. The van der Waals surface area contributed by atoms with Gasteiger partial charge >= 0.3 is 6.03 Å². The number of hydrogen-bond donors (Lipinski definition) is 1. The molecule has 3 aromatic rings. The Morgan fingerprint density at radius 2 is 1.69 bits per heavy atom. The topological polar surface area (TPSA) is 52.7 Å². The largest absolute Gasteiger partial charge is 0.332 e. The second kappa shape index (κ2) is 12.4. The molecule has 0 aliphatic heterocycles. The van der Waals surface area contributed by atoms with Crippen LogP contribution < -0.4 is 5.32 Å². The first-order valence-corrected chi connectivity index (χ1v) is 12.4. The van der Waals surface area contributed by atoms with Crippen LogP contribution in [0, 0.1) is 0 Å². The Bertz CT molecular complexity index is 978. The third-order valence-corrected chi connectivity index (χ3v) is 6.38. The van der Waals surface area contributed by atoms with Gasteiger partial charge in [-0.1, -0.05) is 65.7 Å². The lowest BCUT2D eigenvalue weighted by molar-refractivity contribution is -0.133. The second-order valence-electron chi connectivity index (χ2n) is 7.53. The Morgan fingerprint density at radius 3 is 2.34 bits per heavy atom. The molecule has 1 heterocycles. The zero-order valence-electron chi connectivity index (χ0n) is 18.2. The summed E-state index contributed by atoms with van der Waals surface area (Å²) in [5.74, 6) is -0.0655. The highest BCUT2D eigenvalue weighted by atomic mass is 79.9. The summed E-state index contributed by atoms with van der Waals surface area (Å²) in [7, 11) is 0. The Kier molecular flexibility index (Phi) is 9.31. The molecule has 0 fully saturated rings. The normalized spacial score (nSPS) is 10.6. The molecule has 0 atom stereocenters. The van der Waals surface area contributed by atoms with Crippen molar-refractivity contribution in [2.45, 2.75) is 32.9 Å². The number of thiophene rings is 1. The highest BCUT2D eigenvalue weighted by molar-refractivity contribution is 9.10. The van der Waals surface area contributed by atoms with Crippen molar-refractivity contribution < 1.29 is 9.59 Å². The van der Waals surface area contributed by atoms with Crippen molar-refractivity contribution in [3.63, 3.8) is 0 Å². The van der Waals surface area contributed by atoms with E-state index in [1.165, 1.54) is 0 Å². The van der Waals surface area contributed by atoms with E-state index in [-0.39, 0.29) is 18.5 Å². The number of nitrogens with zero attached hydrogens (tertiary/aromatic N) is 2. The van der Waals surface area contributed by atoms with Gasteiger partial charge in [-0.15, -0.1) is 11.3 Å². The van der Waals surface area contributed by atoms with Crippen LogP contribution in [0.15, 0.2) is 76.6 Å². The summed E-state index contributed by atoms with van der Waals surface area (Å²) in [6, 6.07) is 21.1. The van der Waals surface area contributed by atoms with Crippen LogP contribution in [0.3, 0.4) is 0 Å². The number of unbranched alkanes of at least 4 members (excludes halogenated alkanes) is 1. The third kappa shape index (κ3) is 7.50. The molecule has 0 spiro atoms. The molecule has 32 heavy (non-hydrogen) atoms. The van der Waals surface area contributed by atoms with E-state index < -0.39 is 0 Å². The summed E-state index contributed by atoms with van der Waals surface area (Å²) in [6.07, 6.45) is 1.78. The molecule has 0 aliphatic carbocycles. The maximum Gasteiger partial charge on any atom is 0.322 e. The molecule has 3 rings (SSSR count). The highest BCUT2D eigenvalue weighted by Crippen LogP contribution is 2.17. The van der Waals surface area contributed by atoms with Gasteiger partial charge in [0.2, 0.25) is 5.91 Å². The second-order valence-corrected chi connectivity index (χ2v) is 9.47. The van der Waals surface area contributed by atoms with Gasteiger partial charge < -0.3 is 15.1 Å². The van der Waals surface area contributed by atoms with E-state index in [2.05, 4.69) is 28.2 Å². The summed E-state index contributed by atoms with van der Waals surface area (Å²) in [6.45, 7) is 3.68. The van der Waals surface area contributed by atoms with Crippen molar-refractivity contribution in [3.8, 4) is 0 Å². The van der Waals surface area contributed by atoms with E-state index in [9.17, 15) is 9.59 Å². The number of rotatable bonds is 10. The van der Waals surface area contributed by atoms with E-state index in [1.54, 1.807) is 16.2 Å². The molecule has 1 aromatic heterocycles. The lowest BCUT2D eigenvalue weighted by Crippen LogP contribution is -2.44. The van der Waals surface area contributed by atoms with E-state index in [4.69, 9.17) is 0 Å². The van der Waals surface area contributed by atoms with Gasteiger partial charge in [0.25, 0.3) is 0 Å². The number of urea groups is 1. The van der Waals surface area contributed by atoms with E-state index in [0.717, 1.165) is 27.8 Å². The predicted octanol–water partition coefficient (Wildman–Crippen LogP) is 6.37. The highest BCUT2D eigenvalue weighted by Gasteiger charge is 2.22. The SMILES string of the molecule is CCCCN(CC(=O)N(Cc1ccccc1)Cc1cccs1)C(=O)Nc1ccc(Br)cc1. The minimum atomic E-state index is -0.259. The first-order valence-electron chi connectivity index (χ1n) is 10.7. The Hall–Kier alpha value is -2.64. The third-order valence-electron chi connectivity index (χ3n) is 4.99. The van der Waals surface area contributed by atoms with Gasteiger partial charge in [-0.3, -0.25) is 4.79 Å². The van der Waals surface area contributed by atoms with Crippen LogP contribution in [0.25, 0.3) is 0 Å². The first-order chi connectivity index (χ1) is 15.5. The molecule has 7 heteroatoms. The van der Waals surface area contributed by atoms with Crippen molar-refractivity contribution in [2.24, 2.45) is 0 Å². The van der Waals surface area contributed by atoms with Crippen molar-refractivity contribution in [1.29, 1.82) is 0 Å². The zero-order valence-corrected chi connectivity index (χ0v) is 20.6. The quantitative estimate of drug-likeness (QED) is 0.342. The van der Waals surface area contributed by atoms with Crippen LogP contribution >= 0.6 is 27.3 Å². The smallest absolute Gasteiger partial charge is 0.322 e. The molecule has 0 aliphatic rings. The van der Waals surface area contributed by atoms with Gasteiger partial charge in [-0.05, 0) is 47.7 Å². The van der Waals surface area contributed by atoms with Crippen molar-refractivity contribution in [2.75, 3.05) is 18.4 Å². The fraction of sp³-hybridized carbons (Fsp3) is 0.280. The lowest BCUT2D eigenvalue weighted by atomic mass is 10.2. The first kappa shape index (κ1) is 24.0. The predicted molar refractivity (Wildman–Crippen MR) is 135 cm³/mol. The summed E-state index contributed by atoms with van der Waals surface area (Å²) in [4.78, 5) is 30.9. The molecular formula is C25H28BrN3O2S. The molecule has 2 aromatic carbocycles. The van der Waals surface area contributed by atoms with E-state index in [0.29, 0.717) is 25.3 Å². The molecule has 168 valence electrons. The monoisotopic (exact) mass is 513 g/mol.